The molecule has 1 atom stereocenters. The predicted molar refractivity (Wildman–Crippen MR) is 91.1 cm³/mol. The molecule has 2 aromatic carbocycles. The van der Waals surface area contributed by atoms with Crippen LogP contribution in [0.15, 0.2) is 42.5 Å². The third-order valence-electron chi connectivity index (χ3n) is 3.94. The highest BCUT2D eigenvalue weighted by molar-refractivity contribution is 5.46. The van der Waals surface area contributed by atoms with Crippen LogP contribution in [0.3, 0.4) is 0 Å². The quantitative estimate of drug-likeness (QED) is 0.844. The van der Waals surface area contributed by atoms with Crippen LogP contribution in [0.1, 0.15) is 29.0 Å². The molecule has 0 bridgehead atoms. The largest absolute Gasteiger partial charge is 0.493 e. The standard InChI is InChI=1S/C19H25NO2/c1-14-6-5-7-15(12-14)17(10-11-20-2)16-8-9-18(21-3)19(13-16)22-4/h5-9,12-13,17,20H,10-11H2,1-4H3. The van der Waals surface area contributed by atoms with Crippen LogP contribution < -0.4 is 14.8 Å². The Balaban J connectivity index is 2.40. The van der Waals surface area contributed by atoms with Crippen LogP contribution in [0.2, 0.25) is 0 Å². The molecule has 2 aromatic rings. The Morgan fingerprint density at radius 1 is 0.955 bits per heavy atom. The van der Waals surface area contributed by atoms with Crippen molar-refractivity contribution in [2.24, 2.45) is 0 Å². The van der Waals surface area contributed by atoms with Gasteiger partial charge in [-0.3, -0.25) is 0 Å². The van der Waals surface area contributed by atoms with Gasteiger partial charge < -0.3 is 14.8 Å². The topological polar surface area (TPSA) is 30.5 Å². The van der Waals surface area contributed by atoms with Crippen molar-refractivity contribution in [2.45, 2.75) is 19.3 Å². The van der Waals surface area contributed by atoms with Gasteiger partial charge in [0.05, 0.1) is 14.2 Å². The van der Waals surface area contributed by atoms with Gasteiger partial charge in [0.1, 0.15) is 0 Å². The highest BCUT2D eigenvalue weighted by Crippen LogP contribution is 2.35. The maximum Gasteiger partial charge on any atom is 0.161 e. The van der Waals surface area contributed by atoms with Gasteiger partial charge >= 0.3 is 0 Å². The lowest BCUT2D eigenvalue weighted by Crippen LogP contribution is -2.13. The number of nitrogens with one attached hydrogen (secondary N) is 1. The van der Waals surface area contributed by atoms with E-state index in [1.165, 1.54) is 16.7 Å². The van der Waals surface area contributed by atoms with Crippen LogP contribution in [0.25, 0.3) is 0 Å². The van der Waals surface area contributed by atoms with E-state index < -0.39 is 0 Å². The van der Waals surface area contributed by atoms with E-state index in [-0.39, 0.29) is 0 Å². The van der Waals surface area contributed by atoms with Crippen LogP contribution in [0.5, 0.6) is 11.5 Å². The molecule has 0 fully saturated rings. The minimum absolute atomic E-state index is 0.340. The lowest BCUT2D eigenvalue weighted by Gasteiger charge is -2.20. The molecule has 0 heterocycles. The summed E-state index contributed by atoms with van der Waals surface area (Å²) in [5, 5.41) is 3.25. The molecule has 0 aliphatic heterocycles. The molecule has 22 heavy (non-hydrogen) atoms. The normalized spacial score (nSPS) is 12.0. The average molecular weight is 299 g/mol. The van der Waals surface area contributed by atoms with Gasteiger partial charge in [-0.25, -0.2) is 0 Å². The number of benzene rings is 2. The van der Waals surface area contributed by atoms with Gasteiger partial charge in [-0.05, 0) is 50.2 Å². The van der Waals surface area contributed by atoms with Crippen molar-refractivity contribution < 1.29 is 9.47 Å². The Bertz CT molecular complexity index is 610. The zero-order valence-electron chi connectivity index (χ0n) is 13.8. The van der Waals surface area contributed by atoms with Gasteiger partial charge in [0, 0.05) is 5.92 Å². The van der Waals surface area contributed by atoms with Crippen LogP contribution in [0, 0.1) is 6.92 Å². The fourth-order valence-corrected chi connectivity index (χ4v) is 2.77. The second-order valence-electron chi connectivity index (χ2n) is 5.47. The van der Waals surface area contributed by atoms with E-state index in [2.05, 4.69) is 48.6 Å². The molecule has 2 rings (SSSR count). The molecule has 3 heteroatoms. The van der Waals surface area contributed by atoms with Gasteiger partial charge in [0.2, 0.25) is 0 Å². The number of hydrogen-bond acceptors (Lipinski definition) is 3. The molecule has 0 aromatic heterocycles. The number of aryl methyl sites for hydroxylation is 1. The summed E-state index contributed by atoms with van der Waals surface area (Å²) in [4.78, 5) is 0. The molecule has 0 saturated carbocycles. The summed E-state index contributed by atoms with van der Waals surface area (Å²) >= 11 is 0. The summed E-state index contributed by atoms with van der Waals surface area (Å²) in [5.41, 5.74) is 3.87. The minimum atomic E-state index is 0.340. The smallest absolute Gasteiger partial charge is 0.161 e. The molecule has 1 unspecified atom stereocenters. The monoisotopic (exact) mass is 299 g/mol. The average Bonchev–Trinajstić information content (AvgIpc) is 2.55. The highest BCUT2D eigenvalue weighted by atomic mass is 16.5. The van der Waals surface area contributed by atoms with Crippen LogP contribution in [0.4, 0.5) is 0 Å². The van der Waals surface area contributed by atoms with E-state index in [4.69, 9.17) is 9.47 Å². The van der Waals surface area contributed by atoms with Crippen molar-refractivity contribution >= 4 is 0 Å². The van der Waals surface area contributed by atoms with Crippen molar-refractivity contribution in [3.8, 4) is 11.5 Å². The van der Waals surface area contributed by atoms with Crippen molar-refractivity contribution in [3.63, 3.8) is 0 Å². The Labute approximate surface area is 133 Å². The van der Waals surface area contributed by atoms with Crippen LogP contribution in [-0.2, 0) is 0 Å². The molecular formula is C19H25NO2. The van der Waals surface area contributed by atoms with Crippen molar-refractivity contribution in [2.75, 3.05) is 27.8 Å². The Kier molecular flexibility index (Phi) is 5.84. The summed E-state index contributed by atoms with van der Waals surface area (Å²) in [6, 6.07) is 14.9. The zero-order chi connectivity index (χ0) is 15.9. The maximum atomic E-state index is 5.45. The van der Waals surface area contributed by atoms with Crippen molar-refractivity contribution in [3.05, 3.63) is 59.2 Å². The first kappa shape index (κ1) is 16.4. The molecule has 0 spiro atoms. The molecule has 0 radical (unpaired) electrons. The number of rotatable bonds is 7. The number of ether oxygens (including phenoxy) is 2. The molecule has 0 aliphatic rings. The van der Waals surface area contributed by atoms with Gasteiger partial charge in [-0.15, -0.1) is 0 Å². The van der Waals surface area contributed by atoms with Gasteiger partial charge in [-0.2, -0.15) is 0 Å². The maximum absolute atomic E-state index is 5.45. The first-order chi connectivity index (χ1) is 10.7. The minimum Gasteiger partial charge on any atom is -0.493 e. The molecular weight excluding hydrogens is 274 g/mol. The van der Waals surface area contributed by atoms with E-state index in [0.717, 1.165) is 24.5 Å². The van der Waals surface area contributed by atoms with E-state index in [9.17, 15) is 0 Å². The Morgan fingerprint density at radius 3 is 2.32 bits per heavy atom. The van der Waals surface area contributed by atoms with Crippen molar-refractivity contribution in [1.29, 1.82) is 0 Å². The molecule has 0 saturated heterocycles. The molecule has 3 nitrogen and oxygen atoms in total. The third kappa shape index (κ3) is 3.80. The fraction of sp³-hybridized carbons (Fsp3) is 0.368. The van der Waals surface area contributed by atoms with Crippen molar-refractivity contribution in [1.82, 2.24) is 5.32 Å². The van der Waals surface area contributed by atoms with Gasteiger partial charge in [-0.1, -0.05) is 35.9 Å². The van der Waals surface area contributed by atoms with E-state index in [1.807, 2.05) is 13.1 Å². The zero-order valence-corrected chi connectivity index (χ0v) is 13.8. The number of hydrogen-bond donors (Lipinski definition) is 1. The summed E-state index contributed by atoms with van der Waals surface area (Å²) in [7, 11) is 5.33. The lowest BCUT2D eigenvalue weighted by atomic mass is 9.87. The first-order valence-electron chi connectivity index (χ1n) is 7.62. The SMILES string of the molecule is CNCCC(c1cccc(C)c1)c1ccc(OC)c(OC)c1. The second kappa shape index (κ2) is 7.85. The summed E-state index contributed by atoms with van der Waals surface area (Å²) in [6.07, 6.45) is 1.04. The van der Waals surface area contributed by atoms with Gasteiger partial charge in [0.25, 0.3) is 0 Å². The molecule has 0 amide bonds. The van der Waals surface area contributed by atoms with Crippen LogP contribution in [-0.4, -0.2) is 27.8 Å². The van der Waals surface area contributed by atoms with E-state index >= 15 is 0 Å². The fourth-order valence-electron chi connectivity index (χ4n) is 2.77. The third-order valence-corrected chi connectivity index (χ3v) is 3.94. The lowest BCUT2D eigenvalue weighted by molar-refractivity contribution is 0.354. The van der Waals surface area contributed by atoms with E-state index in [0.29, 0.717) is 5.92 Å². The molecule has 1 N–H and O–H groups in total. The highest BCUT2D eigenvalue weighted by Gasteiger charge is 2.16. The molecule has 0 aliphatic carbocycles. The Hall–Kier alpha value is -2.00. The molecule has 118 valence electrons. The second-order valence-corrected chi connectivity index (χ2v) is 5.47. The van der Waals surface area contributed by atoms with Crippen LogP contribution >= 0.6 is 0 Å². The predicted octanol–water partition coefficient (Wildman–Crippen LogP) is 3.75. The van der Waals surface area contributed by atoms with Gasteiger partial charge in [0.15, 0.2) is 11.5 Å². The summed E-state index contributed by atoms with van der Waals surface area (Å²) in [6.45, 7) is 3.10. The summed E-state index contributed by atoms with van der Waals surface area (Å²) < 4.78 is 10.8. The summed E-state index contributed by atoms with van der Waals surface area (Å²) in [5.74, 6) is 1.89. The Morgan fingerprint density at radius 2 is 1.68 bits per heavy atom. The van der Waals surface area contributed by atoms with E-state index in [1.54, 1.807) is 14.2 Å². The first-order valence-corrected chi connectivity index (χ1v) is 7.62. The number of methoxy groups -OCH3 is 2.